The summed E-state index contributed by atoms with van der Waals surface area (Å²) in [5.74, 6) is -1.45. The monoisotopic (exact) mass is 477 g/mol. The number of nitrogens with one attached hydrogen (secondary N) is 4. The Hall–Kier alpha value is -3.64. The quantitative estimate of drug-likeness (QED) is 0.272. The Kier molecular flexibility index (Phi) is 7.22. The molecule has 0 radical (unpaired) electrons. The van der Waals surface area contributed by atoms with Gasteiger partial charge in [-0.2, -0.15) is 5.26 Å². The summed E-state index contributed by atoms with van der Waals surface area (Å²) >= 11 is 0. The molecule has 0 amide bonds. The molecule has 9 nitrogen and oxygen atoms in total. The number of aromatic nitrogens is 1. The molecular formula is C26H31N5O4. The number of hydrogen-bond donors (Lipinski definition) is 6. The summed E-state index contributed by atoms with van der Waals surface area (Å²) in [4.78, 5) is 26.5. The fourth-order valence-corrected chi connectivity index (χ4v) is 5.21. The van der Waals surface area contributed by atoms with Crippen LogP contribution in [-0.4, -0.2) is 33.0 Å². The van der Waals surface area contributed by atoms with E-state index in [4.69, 9.17) is 5.41 Å². The molecule has 1 aromatic carbocycles. The van der Waals surface area contributed by atoms with Crippen LogP contribution in [0.5, 0.6) is 0 Å². The number of aliphatic hydroxyl groups is 1. The van der Waals surface area contributed by atoms with Crippen LogP contribution in [0.1, 0.15) is 62.5 Å². The number of carbonyl (C=O) groups is 1. The Morgan fingerprint density at radius 1 is 1.11 bits per heavy atom. The topological polar surface area (TPSA) is 162 Å². The summed E-state index contributed by atoms with van der Waals surface area (Å²) in [5.41, 5.74) is 0.506. The Balaban J connectivity index is 1.47. The molecule has 2 fully saturated rings. The van der Waals surface area contributed by atoms with Crippen molar-refractivity contribution < 1.29 is 15.0 Å². The van der Waals surface area contributed by atoms with Gasteiger partial charge in [-0.25, -0.2) is 0 Å². The molecule has 2 atom stereocenters. The van der Waals surface area contributed by atoms with Crippen LogP contribution in [-0.2, 0) is 10.4 Å². The number of pyridine rings is 1. The van der Waals surface area contributed by atoms with Gasteiger partial charge in [0, 0.05) is 17.9 Å². The van der Waals surface area contributed by atoms with Gasteiger partial charge in [-0.15, -0.1) is 0 Å². The second-order valence-corrected chi connectivity index (χ2v) is 9.59. The first-order valence-corrected chi connectivity index (χ1v) is 12.1. The molecule has 6 N–H and O–H groups in total. The Morgan fingerprint density at radius 3 is 2.46 bits per heavy atom. The molecule has 2 aromatic rings. The lowest BCUT2D eigenvalue weighted by Gasteiger charge is -2.35. The van der Waals surface area contributed by atoms with Crippen molar-refractivity contribution in [3.8, 4) is 6.07 Å². The molecule has 0 saturated heterocycles. The van der Waals surface area contributed by atoms with Crippen molar-refractivity contribution in [1.29, 1.82) is 10.7 Å². The molecule has 2 aliphatic rings. The van der Waals surface area contributed by atoms with E-state index in [1.165, 1.54) is 6.20 Å². The largest absolute Gasteiger partial charge is 0.481 e. The summed E-state index contributed by atoms with van der Waals surface area (Å²) in [5, 5.41) is 44.6. The zero-order valence-corrected chi connectivity index (χ0v) is 19.5. The van der Waals surface area contributed by atoms with Gasteiger partial charge in [-0.3, -0.25) is 15.0 Å². The van der Waals surface area contributed by atoms with E-state index in [0.717, 1.165) is 25.7 Å². The molecular weight excluding hydrogens is 446 g/mol. The number of carboxylic acid groups (broad SMARTS) is 1. The predicted molar refractivity (Wildman–Crippen MR) is 132 cm³/mol. The Labute approximate surface area is 203 Å². The molecule has 2 saturated carbocycles. The number of benzene rings is 1. The maximum absolute atomic E-state index is 12.6. The Morgan fingerprint density at radius 2 is 1.80 bits per heavy atom. The average molecular weight is 478 g/mol. The molecule has 1 aromatic heterocycles. The minimum absolute atomic E-state index is 0.0710. The number of anilines is 2. The third-order valence-electron chi connectivity index (χ3n) is 7.34. The van der Waals surface area contributed by atoms with Crippen molar-refractivity contribution in [2.75, 3.05) is 10.6 Å². The maximum Gasteiger partial charge on any atom is 0.306 e. The SMILES string of the molecule is N#C[C@H]1CCCC[C@@H]1Nc1cc[nH]c(=O)c1C(=N)Nc1ccc([C@]2(O)CC[C@H](C(=O)O)CC2)cc1. The van der Waals surface area contributed by atoms with Gasteiger partial charge >= 0.3 is 5.97 Å². The van der Waals surface area contributed by atoms with Gasteiger partial charge in [-0.1, -0.05) is 25.0 Å². The van der Waals surface area contributed by atoms with Gasteiger partial charge in [-0.05, 0) is 62.3 Å². The first-order valence-electron chi connectivity index (χ1n) is 12.1. The van der Waals surface area contributed by atoms with Crippen LogP contribution in [0.25, 0.3) is 0 Å². The molecule has 9 heteroatoms. The average Bonchev–Trinajstić information content (AvgIpc) is 2.85. The lowest BCUT2D eigenvalue weighted by atomic mass is 9.75. The number of rotatable bonds is 6. The molecule has 0 spiro atoms. The highest BCUT2D eigenvalue weighted by Gasteiger charge is 2.37. The van der Waals surface area contributed by atoms with E-state index in [0.29, 0.717) is 42.6 Å². The standard InChI is InChI=1S/C26H31N5O4/c27-15-17-3-1-2-4-20(17)31-21-11-14-29-24(32)22(21)23(28)30-19-7-5-18(6-8-19)26(35)12-9-16(10-13-26)25(33)34/h5-8,11,14,16-17,20,35H,1-4,9-10,12-13H2,(H2,28,30)(H,33,34)(H2,29,31,32)/t16-,17-,20+,26-/m1/s1. The van der Waals surface area contributed by atoms with Crippen LogP contribution in [0.2, 0.25) is 0 Å². The van der Waals surface area contributed by atoms with Gasteiger partial charge in [0.2, 0.25) is 0 Å². The van der Waals surface area contributed by atoms with E-state index in [2.05, 4.69) is 21.7 Å². The Bertz CT molecular complexity index is 1180. The second-order valence-electron chi connectivity index (χ2n) is 9.59. The maximum atomic E-state index is 12.6. The number of aromatic amines is 1. The molecule has 184 valence electrons. The van der Waals surface area contributed by atoms with E-state index in [1.54, 1.807) is 30.3 Å². The van der Waals surface area contributed by atoms with E-state index < -0.39 is 23.0 Å². The fourth-order valence-electron chi connectivity index (χ4n) is 5.21. The van der Waals surface area contributed by atoms with E-state index >= 15 is 0 Å². The normalized spacial score (nSPS) is 26.3. The van der Waals surface area contributed by atoms with Crippen LogP contribution in [0.4, 0.5) is 11.4 Å². The zero-order chi connectivity index (χ0) is 25.0. The van der Waals surface area contributed by atoms with Crippen LogP contribution < -0.4 is 16.2 Å². The zero-order valence-electron chi connectivity index (χ0n) is 19.5. The van der Waals surface area contributed by atoms with E-state index in [9.17, 15) is 25.1 Å². The number of amidine groups is 1. The van der Waals surface area contributed by atoms with Gasteiger partial charge in [0.25, 0.3) is 5.56 Å². The van der Waals surface area contributed by atoms with Gasteiger partial charge in [0.15, 0.2) is 0 Å². The molecule has 0 unspecified atom stereocenters. The highest BCUT2D eigenvalue weighted by Crippen LogP contribution is 2.40. The van der Waals surface area contributed by atoms with Gasteiger partial charge in [0.05, 0.1) is 29.2 Å². The molecule has 2 aliphatic carbocycles. The van der Waals surface area contributed by atoms with Crippen molar-refractivity contribution >= 4 is 23.2 Å². The van der Waals surface area contributed by atoms with Crippen LogP contribution in [0.15, 0.2) is 41.3 Å². The van der Waals surface area contributed by atoms with Gasteiger partial charge < -0.3 is 25.8 Å². The third-order valence-corrected chi connectivity index (χ3v) is 7.34. The fraction of sp³-hybridized carbons (Fsp3) is 0.462. The molecule has 1 heterocycles. The predicted octanol–water partition coefficient (Wildman–Crippen LogP) is 3.77. The first-order chi connectivity index (χ1) is 16.8. The number of nitriles is 1. The first kappa shape index (κ1) is 24.5. The number of hydrogen-bond acceptors (Lipinski definition) is 6. The molecule has 0 bridgehead atoms. The van der Waals surface area contributed by atoms with Crippen LogP contribution >= 0.6 is 0 Å². The summed E-state index contributed by atoms with van der Waals surface area (Å²) in [6.07, 6.45) is 6.83. The number of aliphatic carboxylic acids is 1. The minimum atomic E-state index is -1.07. The van der Waals surface area contributed by atoms with Gasteiger partial charge in [0.1, 0.15) is 11.4 Å². The van der Waals surface area contributed by atoms with Crippen LogP contribution in [0, 0.1) is 28.6 Å². The lowest BCUT2D eigenvalue weighted by molar-refractivity contribution is -0.145. The van der Waals surface area contributed by atoms with Crippen molar-refractivity contribution in [3.05, 3.63) is 58.0 Å². The summed E-state index contributed by atoms with van der Waals surface area (Å²) in [6.45, 7) is 0. The molecule has 4 rings (SSSR count). The smallest absolute Gasteiger partial charge is 0.306 e. The van der Waals surface area contributed by atoms with Crippen LogP contribution in [0.3, 0.4) is 0 Å². The molecule has 35 heavy (non-hydrogen) atoms. The highest BCUT2D eigenvalue weighted by molar-refractivity contribution is 6.09. The second kappa shape index (κ2) is 10.3. The van der Waals surface area contributed by atoms with Crippen molar-refractivity contribution in [1.82, 2.24) is 4.98 Å². The summed E-state index contributed by atoms with van der Waals surface area (Å²) in [6, 6.07) is 11.0. The number of H-pyrrole nitrogens is 1. The summed E-state index contributed by atoms with van der Waals surface area (Å²) < 4.78 is 0. The van der Waals surface area contributed by atoms with Crippen molar-refractivity contribution in [2.45, 2.75) is 63.0 Å². The van der Waals surface area contributed by atoms with E-state index in [1.807, 2.05) is 0 Å². The van der Waals surface area contributed by atoms with E-state index in [-0.39, 0.29) is 23.4 Å². The summed E-state index contributed by atoms with van der Waals surface area (Å²) in [7, 11) is 0. The number of nitrogens with zero attached hydrogens (tertiary/aromatic N) is 1. The minimum Gasteiger partial charge on any atom is -0.481 e. The van der Waals surface area contributed by atoms with Crippen molar-refractivity contribution in [2.24, 2.45) is 11.8 Å². The lowest BCUT2D eigenvalue weighted by Crippen LogP contribution is -2.34. The van der Waals surface area contributed by atoms with Crippen molar-refractivity contribution in [3.63, 3.8) is 0 Å². The highest BCUT2D eigenvalue weighted by atomic mass is 16.4. The number of carboxylic acids is 1. The third kappa shape index (κ3) is 5.38. The molecule has 0 aliphatic heterocycles.